The molecule has 6 heteroatoms. The largest absolute Gasteiger partial charge is 0.496 e. The molecule has 0 fully saturated rings. The molecule has 0 atom stereocenters. The van der Waals surface area contributed by atoms with Crippen molar-refractivity contribution >= 4 is 17.8 Å². The number of benzene rings is 1. The van der Waals surface area contributed by atoms with E-state index in [9.17, 15) is 9.59 Å². The summed E-state index contributed by atoms with van der Waals surface area (Å²) >= 11 is 0. The number of allylic oxidation sites excluding steroid dienone is 1. The minimum absolute atomic E-state index is 0.198. The van der Waals surface area contributed by atoms with Gasteiger partial charge in [-0.3, -0.25) is 14.3 Å². The fraction of sp³-hybridized carbons (Fsp3) is 0.188. The van der Waals surface area contributed by atoms with Crippen LogP contribution in [0.15, 0.2) is 36.7 Å². The molecule has 1 heterocycles. The summed E-state index contributed by atoms with van der Waals surface area (Å²) in [5.41, 5.74) is 1.70. The standard InChI is InChI=1S/C16H16N2O4/c1-18-10-11(9-17-18)3-5-14(19)12-4-6-15(22-2)13(7-12)8-16(20)21/h3-7,9-10H,8H2,1-2H3,(H,20,21). The van der Waals surface area contributed by atoms with Gasteiger partial charge in [0.25, 0.3) is 0 Å². The van der Waals surface area contributed by atoms with E-state index in [1.807, 2.05) is 0 Å². The van der Waals surface area contributed by atoms with E-state index in [4.69, 9.17) is 9.84 Å². The topological polar surface area (TPSA) is 81.4 Å². The third kappa shape index (κ3) is 3.82. The predicted octanol–water partition coefficient (Wildman–Crippen LogP) is 1.95. The first kappa shape index (κ1) is 15.5. The lowest BCUT2D eigenvalue weighted by atomic mass is 10.0. The number of ether oxygens (including phenoxy) is 1. The van der Waals surface area contributed by atoms with Crippen LogP contribution >= 0.6 is 0 Å². The van der Waals surface area contributed by atoms with E-state index < -0.39 is 5.97 Å². The van der Waals surface area contributed by atoms with Crippen LogP contribution in [0.4, 0.5) is 0 Å². The van der Waals surface area contributed by atoms with Gasteiger partial charge in [0.2, 0.25) is 0 Å². The molecular weight excluding hydrogens is 284 g/mol. The molecular formula is C16H16N2O4. The van der Waals surface area contributed by atoms with Gasteiger partial charge in [-0.2, -0.15) is 5.10 Å². The van der Waals surface area contributed by atoms with Crippen LogP contribution in [0.3, 0.4) is 0 Å². The quantitative estimate of drug-likeness (QED) is 0.651. The molecule has 0 spiro atoms. The lowest BCUT2D eigenvalue weighted by Crippen LogP contribution is -2.04. The second-order valence-corrected chi connectivity index (χ2v) is 4.74. The zero-order chi connectivity index (χ0) is 16.1. The number of rotatable bonds is 6. The molecule has 114 valence electrons. The summed E-state index contributed by atoms with van der Waals surface area (Å²) in [6.45, 7) is 0. The molecule has 0 aliphatic carbocycles. The van der Waals surface area contributed by atoms with Crippen molar-refractivity contribution in [2.75, 3.05) is 7.11 Å². The van der Waals surface area contributed by atoms with Crippen molar-refractivity contribution in [1.82, 2.24) is 9.78 Å². The first-order valence-electron chi connectivity index (χ1n) is 6.59. The molecule has 6 nitrogen and oxygen atoms in total. The summed E-state index contributed by atoms with van der Waals surface area (Å²) in [6, 6.07) is 4.76. The Balaban J connectivity index is 2.22. The number of ketones is 1. The van der Waals surface area contributed by atoms with Crippen LogP contribution in [0.25, 0.3) is 6.08 Å². The zero-order valence-corrected chi connectivity index (χ0v) is 12.3. The van der Waals surface area contributed by atoms with Gasteiger partial charge in [0, 0.05) is 29.9 Å². The summed E-state index contributed by atoms with van der Waals surface area (Å²) in [7, 11) is 3.26. The molecule has 0 saturated carbocycles. The normalized spacial score (nSPS) is 10.8. The second-order valence-electron chi connectivity index (χ2n) is 4.74. The van der Waals surface area contributed by atoms with Gasteiger partial charge in [0.05, 0.1) is 19.7 Å². The molecule has 1 aromatic carbocycles. The highest BCUT2D eigenvalue weighted by molar-refractivity contribution is 6.07. The Hall–Kier alpha value is -2.89. The van der Waals surface area contributed by atoms with Crippen molar-refractivity contribution < 1.29 is 19.4 Å². The van der Waals surface area contributed by atoms with Gasteiger partial charge in [0.15, 0.2) is 5.78 Å². The summed E-state index contributed by atoms with van der Waals surface area (Å²) < 4.78 is 6.75. The van der Waals surface area contributed by atoms with Crippen LogP contribution in [-0.2, 0) is 18.3 Å². The van der Waals surface area contributed by atoms with E-state index >= 15 is 0 Å². The number of hydrogen-bond donors (Lipinski definition) is 1. The van der Waals surface area contributed by atoms with Gasteiger partial charge in [-0.15, -0.1) is 0 Å². The van der Waals surface area contributed by atoms with E-state index in [-0.39, 0.29) is 12.2 Å². The van der Waals surface area contributed by atoms with Crippen LogP contribution in [-0.4, -0.2) is 33.7 Å². The third-order valence-electron chi connectivity index (χ3n) is 3.06. The number of carboxylic acids is 1. The number of hydrogen-bond acceptors (Lipinski definition) is 4. The molecule has 2 aromatic rings. The molecule has 0 radical (unpaired) electrons. The molecule has 2 rings (SSSR count). The first-order chi connectivity index (χ1) is 10.5. The summed E-state index contributed by atoms with van der Waals surface area (Å²) in [6.07, 6.45) is 6.33. The molecule has 0 unspecified atom stereocenters. The SMILES string of the molecule is COc1ccc(C(=O)C=Cc2cnn(C)c2)cc1CC(=O)O. The van der Waals surface area contributed by atoms with E-state index in [0.717, 1.165) is 5.56 Å². The van der Waals surface area contributed by atoms with E-state index in [1.165, 1.54) is 13.2 Å². The van der Waals surface area contributed by atoms with E-state index in [2.05, 4.69) is 5.10 Å². The highest BCUT2D eigenvalue weighted by Gasteiger charge is 2.11. The third-order valence-corrected chi connectivity index (χ3v) is 3.06. The average molecular weight is 300 g/mol. The van der Waals surface area contributed by atoms with Gasteiger partial charge in [-0.05, 0) is 30.4 Å². The highest BCUT2D eigenvalue weighted by Crippen LogP contribution is 2.21. The van der Waals surface area contributed by atoms with E-state index in [1.54, 1.807) is 48.4 Å². The number of carbonyl (C=O) groups excluding carboxylic acids is 1. The number of methoxy groups -OCH3 is 1. The Bertz CT molecular complexity index is 731. The van der Waals surface area contributed by atoms with Crippen LogP contribution in [0.2, 0.25) is 0 Å². The molecule has 0 aliphatic rings. The van der Waals surface area contributed by atoms with Crippen LogP contribution in [0.1, 0.15) is 21.5 Å². The van der Waals surface area contributed by atoms with Gasteiger partial charge in [-0.25, -0.2) is 0 Å². The molecule has 0 aliphatic heterocycles. The minimum atomic E-state index is -0.978. The number of nitrogens with zero attached hydrogens (tertiary/aromatic N) is 2. The molecule has 0 bridgehead atoms. The maximum atomic E-state index is 12.2. The highest BCUT2D eigenvalue weighted by atomic mass is 16.5. The van der Waals surface area contributed by atoms with Crippen molar-refractivity contribution in [3.05, 3.63) is 53.4 Å². The van der Waals surface area contributed by atoms with Crippen molar-refractivity contribution in [2.24, 2.45) is 7.05 Å². The number of carbonyl (C=O) groups is 2. The van der Waals surface area contributed by atoms with Gasteiger partial charge >= 0.3 is 5.97 Å². The lowest BCUT2D eigenvalue weighted by molar-refractivity contribution is -0.136. The van der Waals surface area contributed by atoms with Crippen LogP contribution in [0, 0.1) is 0 Å². The van der Waals surface area contributed by atoms with Crippen molar-refractivity contribution in [3.8, 4) is 5.75 Å². The van der Waals surface area contributed by atoms with Crippen molar-refractivity contribution in [2.45, 2.75) is 6.42 Å². The molecule has 22 heavy (non-hydrogen) atoms. The number of carboxylic acid groups (broad SMARTS) is 1. The van der Waals surface area contributed by atoms with Crippen molar-refractivity contribution in [3.63, 3.8) is 0 Å². The number of aryl methyl sites for hydroxylation is 1. The second kappa shape index (κ2) is 6.71. The number of aliphatic carboxylic acids is 1. The number of aromatic nitrogens is 2. The smallest absolute Gasteiger partial charge is 0.307 e. The molecule has 0 saturated heterocycles. The summed E-state index contributed by atoms with van der Waals surface area (Å²) in [4.78, 5) is 23.0. The predicted molar refractivity (Wildman–Crippen MR) is 80.9 cm³/mol. The Morgan fingerprint density at radius 2 is 2.18 bits per heavy atom. The van der Waals surface area contributed by atoms with Crippen LogP contribution < -0.4 is 4.74 Å². The maximum absolute atomic E-state index is 12.2. The zero-order valence-electron chi connectivity index (χ0n) is 12.3. The monoisotopic (exact) mass is 300 g/mol. The first-order valence-corrected chi connectivity index (χ1v) is 6.59. The van der Waals surface area contributed by atoms with Crippen LogP contribution in [0.5, 0.6) is 5.75 Å². The molecule has 0 amide bonds. The minimum Gasteiger partial charge on any atom is -0.496 e. The molecule has 1 aromatic heterocycles. The van der Waals surface area contributed by atoms with Gasteiger partial charge in [-0.1, -0.05) is 0 Å². The molecule has 1 N–H and O–H groups in total. The summed E-state index contributed by atoms with van der Waals surface area (Å²) in [5.74, 6) is -0.734. The summed E-state index contributed by atoms with van der Waals surface area (Å²) in [5, 5.41) is 12.9. The fourth-order valence-corrected chi connectivity index (χ4v) is 2.03. The lowest BCUT2D eigenvalue weighted by Gasteiger charge is -2.07. The Morgan fingerprint density at radius 1 is 1.41 bits per heavy atom. The Labute approximate surface area is 127 Å². The Morgan fingerprint density at radius 3 is 2.77 bits per heavy atom. The van der Waals surface area contributed by atoms with Gasteiger partial charge in [0.1, 0.15) is 5.75 Å². The van der Waals surface area contributed by atoms with Gasteiger partial charge < -0.3 is 9.84 Å². The fourth-order valence-electron chi connectivity index (χ4n) is 2.03. The van der Waals surface area contributed by atoms with E-state index in [0.29, 0.717) is 16.9 Å². The maximum Gasteiger partial charge on any atom is 0.307 e. The Kier molecular flexibility index (Phi) is 4.73. The van der Waals surface area contributed by atoms with Crippen molar-refractivity contribution in [1.29, 1.82) is 0 Å². The average Bonchev–Trinajstić information content (AvgIpc) is 2.89.